The highest BCUT2D eigenvalue weighted by Crippen LogP contribution is 2.09. The van der Waals surface area contributed by atoms with Crippen molar-refractivity contribution in [3.63, 3.8) is 0 Å². The maximum Gasteiger partial charge on any atom is 0.160 e. The van der Waals surface area contributed by atoms with E-state index in [4.69, 9.17) is 0 Å². The minimum absolute atomic E-state index is 0.0687. The molecule has 0 N–H and O–H groups in total. The molecular formula is C22H28O6. The third-order valence-corrected chi connectivity index (χ3v) is 3.07. The van der Waals surface area contributed by atoms with Crippen LogP contribution in [-0.2, 0) is 19.2 Å². The summed E-state index contributed by atoms with van der Waals surface area (Å²) in [6.07, 6.45) is 3.30. The summed E-state index contributed by atoms with van der Waals surface area (Å²) in [7, 11) is 0. The average Bonchev–Trinajstić information content (AvgIpc) is 2.59. The van der Waals surface area contributed by atoms with Crippen LogP contribution in [0.15, 0.2) is 36.4 Å². The summed E-state index contributed by atoms with van der Waals surface area (Å²) in [6, 6.07) is 6.84. The van der Waals surface area contributed by atoms with Crippen molar-refractivity contribution in [2.45, 2.75) is 54.4 Å². The molecule has 0 amide bonds. The Kier molecular flexibility index (Phi) is 14.6. The molecule has 0 spiro atoms. The SMILES string of the molecule is CC(=O)/C=C/C(C)=O.CC(=O)CCC(C)=O.CC(=O)c1ccccc1C(C)=O. The van der Waals surface area contributed by atoms with Gasteiger partial charge in [0.25, 0.3) is 0 Å². The van der Waals surface area contributed by atoms with Crippen LogP contribution in [0.3, 0.4) is 0 Å². The number of allylic oxidation sites excluding steroid dienone is 2. The summed E-state index contributed by atoms with van der Waals surface area (Å²) in [5.74, 6) is -0.164. The summed E-state index contributed by atoms with van der Waals surface area (Å²) in [6.45, 7) is 8.70. The molecule has 28 heavy (non-hydrogen) atoms. The van der Waals surface area contributed by atoms with E-state index in [1.54, 1.807) is 24.3 Å². The predicted octanol–water partition coefficient (Wildman–Crippen LogP) is 3.76. The van der Waals surface area contributed by atoms with E-state index in [1.807, 2.05) is 0 Å². The number of carbonyl (C=O) groups excluding carboxylic acids is 6. The van der Waals surface area contributed by atoms with Gasteiger partial charge in [0.2, 0.25) is 0 Å². The molecule has 1 rings (SSSR count). The van der Waals surface area contributed by atoms with Gasteiger partial charge >= 0.3 is 0 Å². The van der Waals surface area contributed by atoms with E-state index >= 15 is 0 Å². The zero-order valence-corrected chi connectivity index (χ0v) is 17.3. The largest absolute Gasteiger partial charge is 0.300 e. The standard InChI is InChI=1S/C10H10O2.C6H10O2.C6H8O2/c1-7(11)9-5-3-4-6-10(9)8(2)12;2*1-5(7)3-4-6(2)8/h3-6H,1-2H3;3-4H2,1-2H3;3-4H,1-2H3/b;;4-3+. The van der Waals surface area contributed by atoms with Crippen molar-refractivity contribution in [3.8, 4) is 0 Å². The number of Topliss-reactive ketones (excluding diaryl/α,β-unsaturated/α-hetero) is 4. The molecule has 0 fully saturated rings. The Hall–Kier alpha value is -3.02. The fraction of sp³-hybridized carbons (Fsp3) is 0.364. The molecule has 0 aliphatic carbocycles. The first-order valence-electron chi connectivity index (χ1n) is 8.67. The van der Waals surface area contributed by atoms with Crippen LogP contribution >= 0.6 is 0 Å². The summed E-state index contributed by atoms with van der Waals surface area (Å²) >= 11 is 0. The summed E-state index contributed by atoms with van der Waals surface area (Å²) in [5.41, 5.74) is 1.01. The van der Waals surface area contributed by atoms with E-state index in [0.29, 0.717) is 24.0 Å². The van der Waals surface area contributed by atoms with Crippen molar-refractivity contribution in [1.29, 1.82) is 0 Å². The fourth-order valence-electron chi connectivity index (χ4n) is 1.68. The van der Waals surface area contributed by atoms with Gasteiger partial charge in [-0.05, 0) is 53.7 Å². The lowest BCUT2D eigenvalue weighted by atomic mass is 10.0. The molecule has 0 saturated heterocycles. The number of benzene rings is 1. The Bertz CT molecular complexity index is 693. The Morgan fingerprint density at radius 1 is 0.607 bits per heavy atom. The molecule has 0 saturated carbocycles. The maximum atomic E-state index is 11.0. The highest BCUT2D eigenvalue weighted by molar-refractivity contribution is 6.07. The van der Waals surface area contributed by atoms with Gasteiger partial charge in [-0.15, -0.1) is 0 Å². The smallest absolute Gasteiger partial charge is 0.160 e. The van der Waals surface area contributed by atoms with E-state index in [2.05, 4.69) is 0 Å². The van der Waals surface area contributed by atoms with Crippen LogP contribution in [0, 0.1) is 0 Å². The number of ketones is 6. The van der Waals surface area contributed by atoms with E-state index in [-0.39, 0.29) is 34.7 Å². The van der Waals surface area contributed by atoms with E-state index in [0.717, 1.165) is 0 Å². The number of rotatable bonds is 7. The molecule has 1 aromatic carbocycles. The minimum Gasteiger partial charge on any atom is -0.300 e. The van der Waals surface area contributed by atoms with Gasteiger partial charge < -0.3 is 9.59 Å². The van der Waals surface area contributed by atoms with Gasteiger partial charge in [0.05, 0.1) is 0 Å². The lowest BCUT2D eigenvalue weighted by Gasteiger charge is -2.00. The lowest BCUT2D eigenvalue weighted by Crippen LogP contribution is -2.02. The second kappa shape index (κ2) is 15.1. The molecule has 0 heterocycles. The molecule has 152 valence electrons. The van der Waals surface area contributed by atoms with E-state index in [9.17, 15) is 28.8 Å². The Labute approximate surface area is 166 Å². The third kappa shape index (κ3) is 16.4. The van der Waals surface area contributed by atoms with E-state index in [1.165, 1.54) is 53.7 Å². The van der Waals surface area contributed by atoms with Crippen molar-refractivity contribution in [2.24, 2.45) is 0 Å². The molecule has 0 unspecified atom stereocenters. The van der Waals surface area contributed by atoms with Crippen LogP contribution in [0.4, 0.5) is 0 Å². The Morgan fingerprint density at radius 2 is 0.893 bits per heavy atom. The topological polar surface area (TPSA) is 102 Å². The average molecular weight is 388 g/mol. The van der Waals surface area contributed by atoms with Crippen LogP contribution < -0.4 is 0 Å². The molecule has 1 aromatic rings. The van der Waals surface area contributed by atoms with Crippen molar-refractivity contribution in [1.82, 2.24) is 0 Å². The monoisotopic (exact) mass is 388 g/mol. The zero-order chi connectivity index (χ0) is 22.3. The van der Waals surface area contributed by atoms with Crippen molar-refractivity contribution in [3.05, 3.63) is 47.5 Å². The molecule has 0 aliphatic heterocycles. The van der Waals surface area contributed by atoms with Gasteiger partial charge in [-0.3, -0.25) is 19.2 Å². The first-order chi connectivity index (χ1) is 12.9. The van der Waals surface area contributed by atoms with Gasteiger partial charge in [-0.25, -0.2) is 0 Å². The van der Waals surface area contributed by atoms with Crippen LogP contribution in [0.1, 0.15) is 75.1 Å². The molecule has 0 aliphatic rings. The first-order valence-corrected chi connectivity index (χ1v) is 8.67. The van der Waals surface area contributed by atoms with Crippen LogP contribution in [0.5, 0.6) is 0 Å². The first kappa shape index (κ1) is 27.2. The molecule has 0 atom stereocenters. The molecule has 0 aromatic heterocycles. The lowest BCUT2D eigenvalue weighted by molar-refractivity contribution is -0.122. The van der Waals surface area contributed by atoms with Crippen molar-refractivity contribution in [2.75, 3.05) is 0 Å². The molecule has 0 bridgehead atoms. The Morgan fingerprint density at radius 3 is 1.07 bits per heavy atom. The number of hydrogen-bond donors (Lipinski definition) is 0. The summed E-state index contributed by atoms with van der Waals surface area (Å²) in [5, 5.41) is 0. The predicted molar refractivity (Wildman–Crippen MR) is 108 cm³/mol. The van der Waals surface area contributed by atoms with Crippen molar-refractivity contribution >= 4 is 34.7 Å². The van der Waals surface area contributed by atoms with Gasteiger partial charge in [0.15, 0.2) is 23.1 Å². The fourth-order valence-corrected chi connectivity index (χ4v) is 1.68. The summed E-state index contributed by atoms with van der Waals surface area (Å²) < 4.78 is 0. The van der Waals surface area contributed by atoms with Crippen LogP contribution in [0.2, 0.25) is 0 Å². The van der Waals surface area contributed by atoms with Gasteiger partial charge in [-0.1, -0.05) is 24.3 Å². The van der Waals surface area contributed by atoms with Gasteiger partial charge in [0, 0.05) is 24.0 Å². The van der Waals surface area contributed by atoms with E-state index < -0.39 is 0 Å². The van der Waals surface area contributed by atoms with Gasteiger partial charge in [-0.2, -0.15) is 0 Å². The molecule has 6 nitrogen and oxygen atoms in total. The zero-order valence-electron chi connectivity index (χ0n) is 17.3. The molecule has 0 radical (unpaired) electrons. The third-order valence-electron chi connectivity index (χ3n) is 3.07. The molecule has 6 heteroatoms. The minimum atomic E-state index is -0.0970. The maximum absolute atomic E-state index is 11.0. The van der Waals surface area contributed by atoms with Crippen molar-refractivity contribution < 1.29 is 28.8 Å². The number of carbonyl (C=O) groups is 6. The molecular weight excluding hydrogens is 360 g/mol. The quantitative estimate of drug-likeness (QED) is 0.520. The van der Waals surface area contributed by atoms with Crippen LogP contribution in [-0.4, -0.2) is 34.7 Å². The second-order valence-electron chi connectivity index (χ2n) is 6.12. The normalized spacial score (nSPS) is 9.36. The highest BCUT2D eigenvalue weighted by atomic mass is 16.1. The Balaban J connectivity index is 0. The van der Waals surface area contributed by atoms with Crippen LogP contribution in [0.25, 0.3) is 0 Å². The summed E-state index contributed by atoms with van der Waals surface area (Å²) in [4.78, 5) is 62.6. The van der Waals surface area contributed by atoms with Gasteiger partial charge in [0.1, 0.15) is 11.6 Å². The highest BCUT2D eigenvalue weighted by Gasteiger charge is 2.08. The second-order valence-corrected chi connectivity index (χ2v) is 6.12. The number of hydrogen-bond acceptors (Lipinski definition) is 6.